The van der Waals surface area contributed by atoms with Crippen LogP contribution < -0.4 is 16.0 Å². The molecule has 6 nitrogen and oxygen atoms in total. The summed E-state index contributed by atoms with van der Waals surface area (Å²) >= 11 is 0. The summed E-state index contributed by atoms with van der Waals surface area (Å²) in [5.74, 6) is -0.0801. The van der Waals surface area contributed by atoms with Crippen molar-refractivity contribution < 1.29 is 9.59 Å². The van der Waals surface area contributed by atoms with Crippen molar-refractivity contribution >= 4 is 41.3 Å². The fourth-order valence-corrected chi connectivity index (χ4v) is 3.66. The lowest BCUT2D eigenvalue weighted by molar-refractivity contribution is -0.115. The molecule has 0 fully saturated rings. The molecule has 0 saturated carbocycles. The molecule has 0 radical (unpaired) electrons. The monoisotopic (exact) mass is 416 g/mol. The van der Waals surface area contributed by atoms with Gasteiger partial charge in [0.2, 0.25) is 5.91 Å². The minimum Gasteiger partial charge on any atom is -0.398 e. The molecule has 7 heteroatoms. The van der Waals surface area contributed by atoms with Gasteiger partial charge in [-0.3, -0.25) is 9.59 Å². The molecular weight excluding hydrogens is 388 g/mol. The van der Waals surface area contributed by atoms with Gasteiger partial charge in [0.05, 0.1) is 6.54 Å². The number of nitrogens with zero attached hydrogens (tertiary/aromatic N) is 2. The number of nitrogen functional groups attached to an aromatic ring is 1. The van der Waals surface area contributed by atoms with E-state index in [1.165, 1.54) is 0 Å². The highest BCUT2D eigenvalue weighted by Gasteiger charge is 2.20. The van der Waals surface area contributed by atoms with Crippen LogP contribution in [0.25, 0.3) is 0 Å². The third-order valence-electron chi connectivity index (χ3n) is 5.18. The summed E-state index contributed by atoms with van der Waals surface area (Å²) in [5.41, 5.74) is 10.3. The van der Waals surface area contributed by atoms with Gasteiger partial charge < -0.3 is 20.9 Å². The van der Waals surface area contributed by atoms with Crippen LogP contribution in [0.4, 0.5) is 17.1 Å². The number of hydrogen-bond donors (Lipinski definition) is 2. The Morgan fingerprint density at radius 1 is 1.10 bits per heavy atom. The van der Waals surface area contributed by atoms with Crippen molar-refractivity contribution in [2.75, 3.05) is 42.1 Å². The molecule has 2 amide bonds. The maximum atomic E-state index is 12.5. The van der Waals surface area contributed by atoms with E-state index in [-0.39, 0.29) is 30.8 Å². The van der Waals surface area contributed by atoms with Gasteiger partial charge in [-0.15, -0.1) is 12.4 Å². The molecule has 1 heterocycles. The second-order valence-electron chi connectivity index (χ2n) is 6.97. The molecule has 156 valence electrons. The van der Waals surface area contributed by atoms with E-state index in [1.54, 1.807) is 29.2 Å². The fraction of sp³-hybridized carbons (Fsp3) is 0.364. The third kappa shape index (κ3) is 5.21. The fourth-order valence-electron chi connectivity index (χ4n) is 3.66. The lowest BCUT2D eigenvalue weighted by Gasteiger charge is -2.31. The molecule has 0 aliphatic carbocycles. The van der Waals surface area contributed by atoms with Crippen molar-refractivity contribution in [3.05, 3.63) is 53.6 Å². The number of carbonyl (C=O) groups is 2. The van der Waals surface area contributed by atoms with Crippen LogP contribution in [-0.4, -0.2) is 42.9 Å². The van der Waals surface area contributed by atoms with E-state index >= 15 is 0 Å². The second-order valence-corrected chi connectivity index (χ2v) is 6.97. The predicted octanol–water partition coefficient (Wildman–Crippen LogP) is 3.56. The van der Waals surface area contributed by atoms with E-state index < -0.39 is 0 Å². The SMILES string of the molecule is CCN(CC)C(=O)c1ccc(NC(=O)CN2CCCc3c(N)cccc32)cc1.Cl. The summed E-state index contributed by atoms with van der Waals surface area (Å²) in [4.78, 5) is 28.7. The first-order chi connectivity index (χ1) is 13.5. The lowest BCUT2D eigenvalue weighted by atomic mass is 10.00. The van der Waals surface area contributed by atoms with Gasteiger partial charge in [-0.05, 0) is 68.7 Å². The molecule has 0 spiro atoms. The zero-order valence-electron chi connectivity index (χ0n) is 17.0. The summed E-state index contributed by atoms with van der Waals surface area (Å²) in [7, 11) is 0. The molecule has 29 heavy (non-hydrogen) atoms. The Labute approximate surface area is 178 Å². The highest BCUT2D eigenvalue weighted by molar-refractivity contribution is 5.97. The number of hydrogen-bond acceptors (Lipinski definition) is 4. The topological polar surface area (TPSA) is 78.7 Å². The number of carbonyl (C=O) groups excluding carboxylic acids is 2. The molecular formula is C22H29ClN4O2. The Balaban J connectivity index is 0.00000300. The molecule has 0 aromatic heterocycles. The Morgan fingerprint density at radius 3 is 2.45 bits per heavy atom. The summed E-state index contributed by atoms with van der Waals surface area (Å²) in [6.45, 7) is 6.38. The van der Waals surface area contributed by atoms with Crippen molar-refractivity contribution in [1.82, 2.24) is 4.90 Å². The molecule has 1 aliphatic rings. The van der Waals surface area contributed by atoms with Gasteiger partial charge in [-0.1, -0.05) is 6.07 Å². The first kappa shape index (κ1) is 22.6. The van der Waals surface area contributed by atoms with Crippen molar-refractivity contribution in [3.8, 4) is 0 Å². The number of halogens is 1. The zero-order chi connectivity index (χ0) is 20.1. The first-order valence-corrected chi connectivity index (χ1v) is 9.85. The summed E-state index contributed by atoms with van der Waals surface area (Å²) in [6, 6.07) is 12.9. The van der Waals surface area contributed by atoms with Gasteiger partial charge in [0.25, 0.3) is 5.91 Å². The van der Waals surface area contributed by atoms with Crippen LogP contribution in [0.15, 0.2) is 42.5 Å². The van der Waals surface area contributed by atoms with E-state index in [1.807, 2.05) is 32.0 Å². The number of fused-ring (bicyclic) bond motifs is 1. The van der Waals surface area contributed by atoms with Crippen LogP contribution in [0.5, 0.6) is 0 Å². The van der Waals surface area contributed by atoms with E-state index in [9.17, 15) is 9.59 Å². The number of benzene rings is 2. The largest absolute Gasteiger partial charge is 0.398 e. The van der Waals surface area contributed by atoms with Crippen molar-refractivity contribution in [2.24, 2.45) is 0 Å². The third-order valence-corrected chi connectivity index (χ3v) is 5.18. The molecule has 0 saturated heterocycles. The van der Waals surface area contributed by atoms with Crippen LogP contribution in [0.1, 0.15) is 36.2 Å². The van der Waals surface area contributed by atoms with E-state index in [0.29, 0.717) is 24.3 Å². The van der Waals surface area contributed by atoms with Crippen molar-refractivity contribution in [2.45, 2.75) is 26.7 Å². The van der Waals surface area contributed by atoms with Crippen molar-refractivity contribution in [1.29, 1.82) is 0 Å². The van der Waals surface area contributed by atoms with E-state index in [0.717, 1.165) is 36.3 Å². The van der Waals surface area contributed by atoms with E-state index in [4.69, 9.17) is 5.73 Å². The maximum Gasteiger partial charge on any atom is 0.253 e. The van der Waals surface area contributed by atoms with Gasteiger partial charge in [0.15, 0.2) is 0 Å². The lowest BCUT2D eigenvalue weighted by Crippen LogP contribution is -2.37. The Kier molecular flexibility index (Phi) is 7.91. The minimum atomic E-state index is -0.0851. The average Bonchev–Trinajstić information content (AvgIpc) is 2.70. The van der Waals surface area contributed by atoms with Gasteiger partial charge in [0.1, 0.15) is 0 Å². The maximum absolute atomic E-state index is 12.5. The normalized spacial score (nSPS) is 12.6. The summed E-state index contributed by atoms with van der Waals surface area (Å²) in [5, 5.41) is 2.92. The Morgan fingerprint density at radius 2 is 1.79 bits per heavy atom. The molecule has 2 aromatic rings. The molecule has 3 N–H and O–H groups in total. The highest BCUT2D eigenvalue weighted by atomic mass is 35.5. The standard InChI is InChI=1S/C22H28N4O2.ClH/c1-3-25(4-2)22(28)16-10-12-17(13-11-16)24-21(27)15-26-14-6-7-18-19(23)8-5-9-20(18)26;/h5,8-13H,3-4,6-7,14-15,23H2,1-2H3,(H,24,27);1H. The number of rotatable bonds is 6. The highest BCUT2D eigenvalue weighted by Crippen LogP contribution is 2.31. The Bertz CT molecular complexity index is 850. The van der Waals surface area contributed by atoms with Crippen LogP contribution in [0.2, 0.25) is 0 Å². The molecule has 0 bridgehead atoms. The van der Waals surface area contributed by atoms with E-state index in [2.05, 4.69) is 10.2 Å². The zero-order valence-corrected chi connectivity index (χ0v) is 17.8. The smallest absolute Gasteiger partial charge is 0.253 e. The number of nitrogens with two attached hydrogens (primary N) is 1. The predicted molar refractivity (Wildman–Crippen MR) is 121 cm³/mol. The second kappa shape index (κ2) is 10.2. The first-order valence-electron chi connectivity index (χ1n) is 9.85. The number of nitrogens with one attached hydrogen (secondary N) is 1. The van der Waals surface area contributed by atoms with Crippen LogP contribution in [-0.2, 0) is 11.2 Å². The Hall–Kier alpha value is -2.73. The van der Waals surface area contributed by atoms with Crippen molar-refractivity contribution in [3.63, 3.8) is 0 Å². The van der Waals surface area contributed by atoms with Gasteiger partial charge >= 0.3 is 0 Å². The summed E-state index contributed by atoms with van der Waals surface area (Å²) in [6.07, 6.45) is 1.93. The molecule has 1 aliphatic heterocycles. The quantitative estimate of drug-likeness (QED) is 0.705. The van der Waals surface area contributed by atoms with Gasteiger partial charge in [-0.25, -0.2) is 0 Å². The van der Waals surface area contributed by atoms with Gasteiger partial charge in [0, 0.05) is 42.3 Å². The molecule has 3 rings (SSSR count). The van der Waals surface area contributed by atoms with Gasteiger partial charge in [-0.2, -0.15) is 0 Å². The molecule has 0 unspecified atom stereocenters. The van der Waals surface area contributed by atoms with Crippen LogP contribution in [0, 0.1) is 0 Å². The number of anilines is 3. The molecule has 0 atom stereocenters. The molecule has 2 aromatic carbocycles. The minimum absolute atomic E-state index is 0. The average molecular weight is 417 g/mol. The van der Waals surface area contributed by atoms with Crippen LogP contribution in [0.3, 0.4) is 0 Å². The number of amides is 2. The van der Waals surface area contributed by atoms with Crippen LogP contribution >= 0.6 is 12.4 Å². The summed E-state index contributed by atoms with van der Waals surface area (Å²) < 4.78 is 0.